The molecule has 188 valence electrons. The molecule has 0 N–H and O–H groups in total. The number of rotatable bonds is 10. The molecule has 0 radical (unpaired) electrons. The van der Waals surface area contributed by atoms with E-state index in [9.17, 15) is 24.5 Å². The normalized spacial score (nSPS) is 15.1. The van der Waals surface area contributed by atoms with Crippen molar-refractivity contribution in [1.82, 2.24) is 4.90 Å². The van der Waals surface area contributed by atoms with Crippen LogP contribution >= 0.6 is 11.8 Å². The van der Waals surface area contributed by atoms with Crippen LogP contribution in [-0.4, -0.2) is 47.2 Å². The summed E-state index contributed by atoms with van der Waals surface area (Å²) in [5, 5.41) is 10.5. The fourth-order valence-electron chi connectivity index (χ4n) is 3.55. The van der Waals surface area contributed by atoms with Crippen molar-refractivity contribution in [3.05, 3.63) is 80.8 Å². The van der Waals surface area contributed by atoms with Gasteiger partial charge in [0.15, 0.2) is 11.5 Å². The van der Waals surface area contributed by atoms with Crippen LogP contribution in [0.1, 0.15) is 23.6 Å². The highest BCUT2D eigenvalue weighted by Crippen LogP contribution is 2.38. The lowest BCUT2D eigenvalue weighted by molar-refractivity contribution is -0.384. The summed E-state index contributed by atoms with van der Waals surface area (Å²) in [5.74, 6) is -0.501. The molecule has 0 aliphatic carbocycles. The number of amides is 2. The molecule has 1 aliphatic heterocycles. The molecule has 2 aromatic carbocycles. The molecule has 10 nitrogen and oxygen atoms in total. The Bertz CT molecular complexity index is 1260. The maximum absolute atomic E-state index is 12.8. The molecule has 0 bridgehead atoms. The van der Waals surface area contributed by atoms with Crippen LogP contribution in [0.2, 0.25) is 0 Å². The molecule has 2 aromatic rings. The number of hydrogen-bond acceptors (Lipinski definition) is 9. The van der Waals surface area contributed by atoms with E-state index in [1.165, 1.54) is 39.4 Å². The molecule has 1 atom stereocenters. The van der Waals surface area contributed by atoms with E-state index in [1.807, 2.05) is 0 Å². The molecule has 2 amide bonds. The number of ether oxygens (including phenoxy) is 3. The predicted octanol–water partition coefficient (Wildman–Crippen LogP) is 4.51. The summed E-state index contributed by atoms with van der Waals surface area (Å²) < 4.78 is 16.1. The quantitative estimate of drug-likeness (QED) is 0.149. The Kier molecular flexibility index (Phi) is 8.49. The maximum Gasteiger partial charge on any atom is 0.328 e. The number of esters is 1. The first kappa shape index (κ1) is 26.5. The fraction of sp³-hybridized carbons (Fsp3) is 0.240. The molecule has 1 aliphatic rings. The highest BCUT2D eigenvalue weighted by molar-refractivity contribution is 8.18. The van der Waals surface area contributed by atoms with E-state index in [1.54, 1.807) is 30.3 Å². The third-order valence-electron chi connectivity index (χ3n) is 5.29. The molecule has 0 spiro atoms. The van der Waals surface area contributed by atoms with Crippen LogP contribution in [0.25, 0.3) is 6.08 Å². The second-order valence-corrected chi connectivity index (χ2v) is 8.66. The average molecular weight is 513 g/mol. The Labute approximate surface area is 211 Å². The van der Waals surface area contributed by atoms with E-state index >= 15 is 0 Å². The number of nitrogens with zero attached hydrogens (tertiary/aromatic N) is 2. The van der Waals surface area contributed by atoms with Gasteiger partial charge in [-0.3, -0.25) is 24.6 Å². The SMILES string of the molecule is C=CCc1cc(/C=C2/SC(=O)N([C@@H](C)C(=O)OC)C2=O)cc(OC)c1OCc1cccc([N+](=O)[O-])c1. The molecule has 0 saturated carbocycles. The van der Waals surface area contributed by atoms with Gasteiger partial charge in [0.1, 0.15) is 12.6 Å². The molecule has 0 unspecified atom stereocenters. The minimum atomic E-state index is -1.05. The van der Waals surface area contributed by atoms with E-state index < -0.39 is 28.1 Å². The maximum atomic E-state index is 12.8. The lowest BCUT2D eigenvalue weighted by Gasteiger charge is -2.18. The van der Waals surface area contributed by atoms with Gasteiger partial charge >= 0.3 is 5.97 Å². The summed E-state index contributed by atoms with van der Waals surface area (Å²) in [7, 11) is 2.65. The number of benzene rings is 2. The summed E-state index contributed by atoms with van der Waals surface area (Å²) in [4.78, 5) is 48.7. The standard InChI is InChI=1S/C25H24N2O8S/c1-5-7-18-10-17(13-21-23(28)26(25(30)36-21)15(2)24(29)34-4)12-20(33-3)22(18)35-14-16-8-6-9-19(11-16)27(31)32/h5-6,8-13,15H,1,7,14H2,2-4H3/b21-13+/t15-/m0/s1. The molecule has 36 heavy (non-hydrogen) atoms. The van der Waals surface area contributed by atoms with E-state index in [4.69, 9.17) is 9.47 Å². The van der Waals surface area contributed by atoms with Crippen LogP contribution in [0.5, 0.6) is 11.5 Å². The number of nitro benzene ring substituents is 1. The van der Waals surface area contributed by atoms with Crippen LogP contribution in [0.4, 0.5) is 10.5 Å². The van der Waals surface area contributed by atoms with E-state index in [-0.39, 0.29) is 17.2 Å². The highest BCUT2D eigenvalue weighted by atomic mass is 32.2. The molecule has 1 heterocycles. The van der Waals surface area contributed by atoms with Crippen molar-refractivity contribution in [3.8, 4) is 11.5 Å². The molecule has 3 rings (SSSR count). The number of nitro groups is 1. The number of carbonyl (C=O) groups is 3. The summed E-state index contributed by atoms with van der Waals surface area (Å²) in [5.41, 5.74) is 1.83. The molecule has 1 fully saturated rings. The zero-order chi connectivity index (χ0) is 26.4. The van der Waals surface area contributed by atoms with Gasteiger partial charge in [-0.2, -0.15) is 0 Å². The van der Waals surface area contributed by atoms with Crippen LogP contribution < -0.4 is 9.47 Å². The van der Waals surface area contributed by atoms with E-state index in [0.717, 1.165) is 16.7 Å². The van der Waals surface area contributed by atoms with E-state index in [2.05, 4.69) is 11.3 Å². The van der Waals surface area contributed by atoms with Crippen LogP contribution in [0, 0.1) is 10.1 Å². The lowest BCUT2D eigenvalue weighted by atomic mass is 10.0. The Morgan fingerprint density at radius 1 is 1.25 bits per heavy atom. The summed E-state index contributed by atoms with van der Waals surface area (Å²) in [6.45, 7) is 5.25. The van der Waals surface area contributed by atoms with Crippen LogP contribution in [0.15, 0.2) is 54.0 Å². The number of allylic oxidation sites excluding steroid dienone is 1. The van der Waals surface area contributed by atoms with Crippen molar-refractivity contribution in [2.45, 2.75) is 26.0 Å². The Balaban J connectivity index is 1.92. The number of hydrogen-bond donors (Lipinski definition) is 0. The van der Waals surface area contributed by atoms with Crippen molar-refractivity contribution in [2.24, 2.45) is 0 Å². The molecule has 0 aromatic heterocycles. The Morgan fingerprint density at radius 2 is 2.00 bits per heavy atom. The number of methoxy groups -OCH3 is 2. The van der Waals surface area contributed by atoms with Crippen molar-refractivity contribution >= 4 is 40.6 Å². The van der Waals surface area contributed by atoms with Gasteiger partial charge in [-0.05, 0) is 54.4 Å². The minimum absolute atomic E-state index is 0.0415. The highest BCUT2D eigenvalue weighted by Gasteiger charge is 2.41. The number of carbonyl (C=O) groups excluding carboxylic acids is 3. The summed E-state index contributed by atoms with van der Waals surface area (Å²) in [6, 6.07) is 8.48. The first-order valence-corrected chi connectivity index (χ1v) is 11.5. The zero-order valence-corrected chi connectivity index (χ0v) is 20.7. The molecular formula is C25H24N2O8S. The van der Waals surface area contributed by atoms with Gasteiger partial charge in [0.25, 0.3) is 16.8 Å². The molecule has 1 saturated heterocycles. The second kappa shape index (κ2) is 11.5. The van der Waals surface area contributed by atoms with Gasteiger partial charge in [0.05, 0.1) is 24.0 Å². The van der Waals surface area contributed by atoms with Crippen molar-refractivity contribution < 1.29 is 33.5 Å². The summed E-state index contributed by atoms with van der Waals surface area (Å²) in [6.07, 6.45) is 3.61. The zero-order valence-electron chi connectivity index (χ0n) is 19.9. The number of non-ortho nitro benzene ring substituents is 1. The molecular weight excluding hydrogens is 488 g/mol. The van der Waals surface area contributed by atoms with Gasteiger partial charge in [-0.25, -0.2) is 4.79 Å². The van der Waals surface area contributed by atoms with Crippen molar-refractivity contribution in [3.63, 3.8) is 0 Å². The van der Waals surface area contributed by atoms with Crippen LogP contribution in [0.3, 0.4) is 0 Å². The van der Waals surface area contributed by atoms with Gasteiger partial charge in [-0.1, -0.05) is 18.2 Å². The number of thioether (sulfide) groups is 1. The monoisotopic (exact) mass is 512 g/mol. The van der Waals surface area contributed by atoms with E-state index in [0.29, 0.717) is 34.6 Å². The van der Waals surface area contributed by atoms with Gasteiger partial charge in [0, 0.05) is 17.7 Å². The fourth-order valence-corrected chi connectivity index (χ4v) is 4.45. The van der Waals surface area contributed by atoms with Crippen LogP contribution in [-0.2, 0) is 27.4 Å². The second-order valence-electron chi connectivity index (χ2n) is 7.67. The Morgan fingerprint density at radius 3 is 2.64 bits per heavy atom. The molecule has 11 heteroatoms. The average Bonchev–Trinajstić information content (AvgIpc) is 3.14. The lowest BCUT2D eigenvalue weighted by Crippen LogP contribution is -2.42. The third kappa shape index (κ3) is 5.74. The van der Waals surface area contributed by atoms with Gasteiger partial charge in [-0.15, -0.1) is 6.58 Å². The van der Waals surface area contributed by atoms with Crippen molar-refractivity contribution in [1.29, 1.82) is 0 Å². The largest absolute Gasteiger partial charge is 0.493 e. The van der Waals surface area contributed by atoms with Gasteiger partial charge in [0.2, 0.25) is 0 Å². The smallest absolute Gasteiger partial charge is 0.328 e. The minimum Gasteiger partial charge on any atom is -0.493 e. The third-order valence-corrected chi connectivity index (χ3v) is 6.18. The topological polar surface area (TPSA) is 125 Å². The summed E-state index contributed by atoms with van der Waals surface area (Å²) >= 11 is 0.724. The first-order valence-electron chi connectivity index (χ1n) is 10.7. The predicted molar refractivity (Wildman–Crippen MR) is 134 cm³/mol. The number of imide groups is 1. The first-order chi connectivity index (χ1) is 17.2. The van der Waals surface area contributed by atoms with Crippen molar-refractivity contribution in [2.75, 3.05) is 14.2 Å². The Hall–Kier alpha value is -4.12. The van der Waals surface area contributed by atoms with Gasteiger partial charge < -0.3 is 14.2 Å².